The van der Waals surface area contributed by atoms with Crippen LogP contribution >= 0.6 is 23.6 Å². The van der Waals surface area contributed by atoms with E-state index in [0.717, 1.165) is 52.6 Å². The maximum Gasteiger partial charge on any atom is 0.241 e. The van der Waals surface area contributed by atoms with Crippen LogP contribution < -0.4 is 0 Å². The molecule has 1 fully saturated rings. The molecule has 8 nitrogen and oxygen atoms in total. The third-order valence-corrected chi connectivity index (χ3v) is 7.53. The zero-order valence-electron chi connectivity index (χ0n) is 18.2. The van der Waals surface area contributed by atoms with Crippen LogP contribution in [0.5, 0.6) is 0 Å². The minimum absolute atomic E-state index is 0.656. The highest BCUT2D eigenvalue weighted by Crippen LogP contribution is 2.26. The predicted octanol–water partition coefficient (Wildman–Crippen LogP) is 4.21. The van der Waals surface area contributed by atoms with Gasteiger partial charge in [0.25, 0.3) is 0 Å². The second-order valence-electron chi connectivity index (χ2n) is 8.33. The van der Waals surface area contributed by atoms with Crippen molar-refractivity contribution in [3.63, 3.8) is 0 Å². The van der Waals surface area contributed by atoms with Crippen molar-refractivity contribution < 1.29 is 4.52 Å². The molecule has 168 valence electrons. The molecule has 10 heteroatoms. The van der Waals surface area contributed by atoms with Crippen molar-refractivity contribution >= 4 is 38.7 Å². The molecule has 0 atom stereocenters. The van der Waals surface area contributed by atoms with Gasteiger partial charge in [-0.3, -0.25) is 14.2 Å². The van der Waals surface area contributed by atoms with Gasteiger partial charge in [0, 0.05) is 31.7 Å². The summed E-state index contributed by atoms with van der Waals surface area (Å²) in [4.78, 5) is 10.3. The van der Waals surface area contributed by atoms with Gasteiger partial charge >= 0.3 is 0 Å². The van der Waals surface area contributed by atoms with Gasteiger partial charge in [0.05, 0.1) is 23.4 Å². The Labute approximate surface area is 199 Å². The van der Waals surface area contributed by atoms with Crippen LogP contribution in [-0.4, -0.2) is 60.3 Å². The molecule has 0 radical (unpaired) electrons. The maximum absolute atomic E-state index is 5.74. The summed E-state index contributed by atoms with van der Waals surface area (Å²) in [6.45, 7) is 7.16. The Hall–Kier alpha value is -2.92. The standard InChI is InChI=1S/C23H23N7OS2/c1-16-6-2-3-7-17(16)21-24-20(31-26-21)14-27-10-12-28(13-11-27)15-29-23(32)30-18-8-4-5-9-19(18)33-22(30)25-29/h2-9H,10-15H2,1H3. The van der Waals surface area contributed by atoms with Crippen LogP contribution in [0.4, 0.5) is 0 Å². The summed E-state index contributed by atoms with van der Waals surface area (Å²) in [6, 6.07) is 16.4. The SMILES string of the molecule is Cc1ccccc1-c1noc(CN2CCN(Cn3nc4sc5ccccc5n4c3=S)CC2)n1. The number of rotatable bonds is 5. The number of fused-ring (bicyclic) bond motifs is 3. The fraction of sp³-hybridized carbons (Fsp3) is 0.304. The lowest BCUT2D eigenvalue weighted by atomic mass is 10.1. The molecule has 0 saturated carbocycles. The second-order valence-corrected chi connectivity index (χ2v) is 9.71. The van der Waals surface area contributed by atoms with Gasteiger partial charge in [-0.1, -0.05) is 52.9 Å². The summed E-state index contributed by atoms with van der Waals surface area (Å²) in [6.07, 6.45) is 0. The Morgan fingerprint density at radius 2 is 1.76 bits per heavy atom. The number of nitrogens with zero attached hydrogens (tertiary/aromatic N) is 7. The Morgan fingerprint density at radius 1 is 1.00 bits per heavy atom. The van der Waals surface area contributed by atoms with Gasteiger partial charge in [0.15, 0.2) is 0 Å². The highest BCUT2D eigenvalue weighted by atomic mass is 32.1. The number of benzene rings is 2. The largest absolute Gasteiger partial charge is 0.338 e. The number of aryl methyl sites for hydroxylation is 1. The second kappa shape index (κ2) is 8.45. The summed E-state index contributed by atoms with van der Waals surface area (Å²) in [5.41, 5.74) is 3.29. The van der Waals surface area contributed by atoms with Crippen molar-refractivity contribution in [1.29, 1.82) is 0 Å². The Balaban J connectivity index is 1.09. The first-order valence-corrected chi connectivity index (χ1v) is 12.2. The average molecular weight is 478 g/mol. The van der Waals surface area contributed by atoms with Crippen molar-refractivity contribution in [2.24, 2.45) is 0 Å². The quantitative estimate of drug-likeness (QED) is 0.351. The summed E-state index contributed by atoms with van der Waals surface area (Å²) < 4.78 is 11.5. The van der Waals surface area contributed by atoms with Gasteiger partial charge in [-0.15, -0.1) is 5.10 Å². The molecule has 2 aromatic carbocycles. The predicted molar refractivity (Wildman–Crippen MR) is 131 cm³/mol. The summed E-state index contributed by atoms with van der Waals surface area (Å²) in [5, 5.41) is 8.96. The molecule has 0 bridgehead atoms. The van der Waals surface area contributed by atoms with E-state index in [-0.39, 0.29) is 0 Å². The highest BCUT2D eigenvalue weighted by molar-refractivity contribution is 7.71. The molecular weight excluding hydrogens is 454 g/mol. The Morgan fingerprint density at radius 3 is 2.61 bits per heavy atom. The fourth-order valence-corrected chi connectivity index (χ4v) is 5.66. The lowest BCUT2D eigenvalue weighted by molar-refractivity contribution is 0.0910. The molecule has 5 aromatic rings. The normalized spacial score (nSPS) is 15.7. The first-order chi connectivity index (χ1) is 16.2. The van der Waals surface area contributed by atoms with E-state index >= 15 is 0 Å². The van der Waals surface area contributed by atoms with E-state index in [2.05, 4.69) is 49.5 Å². The minimum atomic E-state index is 0.656. The number of aromatic nitrogens is 5. The van der Waals surface area contributed by atoms with Crippen LogP contribution in [0.3, 0.4) is 0 Å². The zero-order valence-corrected chi connectivity index (χ0v) is 19.8. The number of thiazole rings is 1. The average Bonchev–Trinajstić information content (AvgIpc) is 3.51. The topological polar surface area (TPSA) is 67.6 Å². The van der Waals surface area contributed by atoms with Crippen molar-refractivity contribution in [3.8, 4) is 11.4 Å². The molecule has 0 spiro atoms. The smallest absolute Gasteiger partial charge is 0.241 e. The van der Waals surface area contributed by atoms with E-state index in [1.54, 1.807) is 11.3 Å². The van der Waals surface area contributed by atoms with Crippen LogP contribution in [0.1, 0.15) is 11.5 Å². The molecule has 1 saturated heterocycles. The lowest BCUT2D eigenvalue weighted by Gasteiger charge is -2.33. The van der Waals surface area contributed by atoms with Crippen LogP contribution in [0, 0.1) is 11.7 Å². The van der Waals surface area contributed by atoms with Crippen LogP contribution in [0.15, 0.2) is 53.1 Å². The van der Waals surface area contributed by atoms with Crippen molar-refractivity contribution in [1.82, 2.24) is 34.1 Å². The van der Waals surface area contributed by atoms with Crippen LogP contribution in [0.2, 0.25) is 0 Å². The number of hydrogen-bond donors (Lipinski definition) is 0. The molecule has 6 rings (SSSR count). The first-order valence-electron chi connectivity index (χ1n) is 11.0. The van der Waals surface area contributed by atoms with E-state index in [1.807, 2.05) is 35.0 Å². The third kappa shape index (κ3) is 3.89. The summed E-state index contributed by atoms with van der Waals surface area (Å²) in [7, 11) is 0. The molecule has 0 unspecified atom stereocenters. The van der Waals surface area contributed by atoms with Crippen molar-refractivity contribution in [2.45, 2.75) is 20.1 Å². The molecule has 0 amide bonds. The fourth-order valence-electron chi connectivity index (χ4n) is 4.30. The number of hydrogen-bond acceptors (Lipinski definition) is 8. The van der Waals surface area contributed by atoms with Gasteiger partial charge in [0.1, 0.15) is 0 Å². The zero-order chi connectivity index (χ0) is 22.4. The third-order valence-electron chi connectivity index (χ3n) is 6.13. The van der Waals surface area contributed by atoms with Gasteiger partial charge in [-0.25, -0.2) is 4.68 Å². The molecule has 1 aliphatic heterocycles. The number of para-hydroxylation sites is 1. The van der Waals surface area contributed by atoms with Gasteiger partial charge < -0.3 is 4.52 Å². The summed E-state index contributed by atoms with van der Waals surface area (Å²) in [5.74, 6) is 1.31. The van der Waals surface area contributed by atoms with Gasteiger partial charge in [0.2, 0.25) is 21.4 Å². The molecule has 1 aliphatic rings. The molecule has 33 heavy (non-hydrogen) atoms. The van der Waals surface area contributed by atoms with E-state index in [1.165, 1.54) is 4.70 Å². The molecule has 4 heterocycles. The highest BCUT2D eigenvalue weighted by Gasteiger charge is 2.21. The monoisotopic (exact) mass is 477 g/mol. The number of piperazine rings is 1. The van der Waals surface area contributed by atoms with E-state index in [9.17, 15) is 0 Å². The Kier molecular flexibility index (Phi) is 5.30. The van der Waals surface area contributed by atoms with Crippen molar-refractivity contribution in [3.05, 3.63) is 64.8 Å². The van der Waals surface area contributed by atoms with E-state index in [4.69, 9.17) is 21.8 Å². The van der Waals surface area contributed by atoms with Gasteiger partial charge in [-0.2, -0.15) is 4.98 Å². The van der Waals surface area contributed by atoms with Crippen LogP contribution in [-0.2, 0) is 13.2 Å². The Bertz CT molecular complexity index is 1490. The molecule has 3 aromatic heterocycles. The summed E-state index contributed by atoms with van der Waals surface area (Å²) >= 11 is 7.42. The van der Waals surface area contributed by atoms with Gasteiger partial charge in [-0.05, 0) is 36.8 Å². The lowest BCUT2D eigenvalue weighted by Crippen LogP contribution is -2.46. The molecular formula is C23H23N7OS2. The molecule has 0 N–H and O–H groups in total. The minimum Gasteiger partial charge on any atom is -0.338 e. The van der Waals surface area contributed by atoms with E-state index < -0.39 is 0 Å². The first kappa shape index (κ1) is 20.7. The van der Waals surface area contributed by atoms with Crippen LogP contribution in [0.25, 0.3) is 26.6 Å². The van der Waals surface area contributed by atoms with E-state index in [0.29, 0.717) is 24.9 Å². The molecule has 0 aliphatic carbocycles. The van der Waals surface area contributed by atoms with Crippen molar-refractivity contribution in [2.75, 3.05) is 26.2 Å². The maximum atomic E-state index is 5.74.